The van der Waals surface area contributed by atoms with Gasteiger partial charge < -0.3 is 15.2 Å². The van der Waals surface area contributed by atoms with E-state index in [0.717, 1.165) is 16.7 Å². The SMILES string of the molecule is CCOCc1cc(NC(=O)OC(C)(C)C)c(N)cc1C#Cc1ccccc1. The van der Waals surface area contributed by atoms with Crippen LogP contribution in [0, 0.1) is 11.8 Å². The van der Waals surface area contributed by atoms with Gasteiger partial charge in [-0.2, -0.15) is 0 Å². The normalized spacial score (nSPS) is 10.7. The molecule has 2 aromatic carbocycles. The number of anilines is 2. The van der Waals surface area contributed by atoms with Crippen molar-refractivity contribution in [2.45, 2.75) is 39.9 Å². The van der Waals surface area contributed by atoms with Gasteiger partial charge in [0, 0.05) is 17.7 Å². The van der Waals surface area contributed by atoms with Gasteiger partial charge in [-0.25, -0.2) is 4.79 Å². The zero-order chi connectivity index (χ0) is 19.9. The second kappa shape index (κ2) is 9.11. The van der Waals surface area contributed by atoms with Gasteiger partial charge in [-0.3, -0.25) is 5.32 Å². The summed E-state index contributed by atoms with van der Waals surface area (Å²) in [6.07, 6.45) is -0.556. The number of ether oxygens (including phenoxy) is 2. The van der Waals surface area contributed by atoms with Crippen molar-refractivity contribution >= 4 is 17.5 Å². The molecule has 1 amide bonds. The molecule has 0 spiro atoms. The Morgan fingerprint density at radius 2 is 1.85 bits per heavy atom. The summed E-state index contributed by atoms with van der Waals surface area (Å²) >= 11 is 0. The molecular formula is C22H26N2O3. The van der Waals surface area contributed by atoms with E-state index in [1.165, 1.54) is 0 Å². The Morgan fingerprint density at radius 3 is 2.48 bits per heavy atom. The van der Waals surface area contributed by atoms with Crippen LogP contribution in [0.4, 0.5) is 16.2 Å². The summed E-state index contributed by atoms with van der Waals surface area (Å²) in [5.41, 5.74) is 8.95. The van der Waals surface area contributed by atoms with Crippen LogP contribution in [0.2, 0.25) is 0 Å². The van der Waals surface area contributed by atoms with E-state index in [4.69, 9.17) is 15.2 Å². The average Bonchev–Trinajstić information content (AvgIpc) is 2.60. The smallest absolute Gasteiger partial charge is 0.412 e. The molecule has 0 aromatic heterocycles. The van der Waals surface area contributed by atoms with Gasteiger partial charge in [-0.15, -0.1) is 0 Å². The fraction of sp³-hybridized carbons (Fsp3) is 0.318. The highest BCUT2D eigenvalue weighted by atomic mass is 16.6. The van der Waals surface area contributed by atoms with Gasteiger partial charge in [0.1, 0.15) is 5.60 Å². The van der Waals surface area contributed by atoms with Crippen LogP contribution in [-0.4, -0.2) is 18.3 Å². The lowest BCUT2D eigenvalue weighted by Crippen LogP contribution is -2.27. The molecule has 0 fully saturated rings. The number of nitrogens with two attached hydrogens (primary N) is 1. The van der Waals surface area contributed by atoms with Gasteiger partial charge in [-0.05, 0) is 57.5 Å². The van der Waals surface area contributed by atoms with Crippen LogP contribution in [0.25, 0.3) is 0 Å². The number of hydrogen-bond donors (Lipinski definition) is 2. The van der Waals surface area contributed by atoms with Gasteiger partial charge in [0.05, 0.1) is 18.0 Å². The van der Waals surface area contributed by atoms with Crippen molar-refractivity contribution in [3.63, 3.8) is 0 Å². The summed E-state index contributed by atoms with van der Waals surface area (Å²) in [5, 5.41) is 2.69. The first-order valence-corrected chi connectivity index (χ1v) is 8.85. The predicted octanol–water partition coefficient (Wildman–Crippen LogP) is 4.55. The van der Waals surface area contributed by atoms with E-state index in [9.17, 15) is 4.79 Å². The first-order chi connectivity index (χ1) is 12.8. The molecule has 0 atom stereocenters. The minimum Gasteiger partial charge on any atom is -0.444 e. The molecule has 0 saturated carbocycles. The van der Waals surface area contributed by atoms with Crippen LogP contribution in [0.1, 0.15) is 44.4 Å². The maximum absolute atomic E-state index is 12.1. The minimum atomic E-state index is -0.589. The molecule has 0 saturated heterocycles. The molecular weight excluding hydrogens is 340 g/mol. The zero-order valence-corrected chi connectivity index (χ0v) is 16.3. The highest BCUT2D eigenvalue weighted by Crippen LogP contribution is 2.25. The third-order valence-corrected chi connectivity index (χ3v) is 3.49. The van der Waals surface area contributed by atoms with Gasteiger partial charge in [-0.1, -0.05) is 30.0 Å². The van der Waals surface area contributed by atoms with Gasteiger partial charge in [0.2, 0.25) is 0 Å². The first kappa shape index (κ1) is 20.3. The molecule has 5 nitrogen and oxygen atoms in total. The topological polar surface area (TPSA) is 73.6 Å². The predicted molar refractivity (Wildman–Crippen MR) is 108 cm³/mol. The number of hydrogen-bond acceptors (Lipinski definition) is 4. The van der Waals surface area contributed by atoms with Gasteiger partial charge in [0.15, 0.2) is 0 Å². The molecule has 0 radical (unpaired) electrons. The third kappa shape index (κ3) is 6.69. The average molecular weight is 366 g/mol. The molecule has 3 N–H and O–H groups in total. The molecule has 0 aliphatic carbocycles. The molecule has 2 rings (SSSR count). The number of nitrogen functional groups attached to an aromatic ring is 1. The lowest BCUT2D eigenvalue weighted by Gasteiger charge is -2.20. The number of carbonyl (C=O) groups is 1. The number of benzene rings is 2. The Labute approximate surface area is 160 Å². The lowest BCUT2D eigenvalue weighted by molar-refractivity contribution is 0.0636. The van der Waals surface area contributed by atoms with Crippen LogP contribution in [0.15, 0.2) is 42.5 Å². The van der Waals surface area contributed by atoms with E-state index in [1.807, 2.05) is 37.3 Å². The number of nitrogens with one attached hydrogen (secondary N) is 1. The second-order valence-electron chi connectivity index (χ2n) is 6.98. The van der Waals surface area contributed by atoms with Crippen LogP contribution in [-0.2, 0) is 16.1 Å². The van der Waals surface area contributed by atoms with Crippen molar-refractivity contribution in [3.8, 4) is 11.8 Å². The Hall–Kier alpha value is -2.97. The number of amides is 1. The summed E-state index contributed by atoms with van der Waals surface area (Å²) in [7, 11) is 0. The van der Waals surface area contributed by atoms with Crippen molar-refractivity contribution in [2.24, 2.45) is 0 Å². The molecule has 2 aromatic rings. The molecule has 0 heterocycles. The monoisotopic (exact) mass is 366 g/mol. The van der Waals surface area contributed by atoms with Crippen LogP contribution in [0.5, 0.6) is 0 Å². The van der Waals surface area contributed by atoms with Gasteiger partial charge >= 0.3 is 6.09 Å². The Morgan fingerprint density at radius 1 is 1.15 bits per heavy atom. The summed E-state index contributed by atoms with van der Waals surface area (Å²) in [5.74, 6) is 6.27. The van der Waals surface area contributed by atoms with E-state index < -0.39 is 11.7 Å². The quantitative estimate of drug-likeness (QED) is 0.615. The fourth-order valence-electron chi connectivity index (χ4n) is 2.29. The summed E-state index contributed by atoms with van der Waals surface area (Å²) < 4.78 is 10.8. The maximum Gasteiger partial charge on any atom is 0.412 e. The van der Waals surface area contributed by atoms with Crippen LogP contribution < -0.4 is 11.1 Å². The first-order valence-electron chi connectivity index (χ1n) is 8.85. The largest absolute Gasteiger partial charge is 0.444 e. The van der Waals surface area contributed by atoms with Crippen molar-refractivity contribution in [1.82, 2.24) is 0 Å². The minimum absolute atomic E-state index is 0.374. The molecule has 0 bridgehead atoms. The van der Waals surface area contributed by atoms with Crippen LogP contribution in [0.3, 0.4) is 0 Å². The number of rotatable bonds is 4. The van der Waals surface area contributed by atoms with Crippen LogP contribution >= 0.6 is 0 Å². The summed E-state index contributed by atoms with van der Waals surface area (Å²) in [6, 6.07) is 13.2. The van der Waals surface area contributed by atoms with E-state index in [2.05, 4.69) is 17.2 Å². The van der Waals surface area contributed by atoms with Crippen molar-refractivity contribution in [3.05, 3.63) is 59.2 Å². The van der Waals surface area contributed by atoms with Crippen molar-refractivity contribution in [1.29, 1.82) is 0 Å². The highest BCUT2D eigenvalue weighted by molar-refractivity contribution is 5.89. The molecule has 5 heteroatoms. The Bertz CT molecular complexity index is 844. The third-order valence-electron chi connectivity index (χ3n) is 3.49. The standard InChI is InChI=1S/C22H26N2O3/c1-5-26-15-18-14-20(24-21(25)27-22(2,3)4)19(23)13-17(18)12-11-16-9-7-6-8-10-16/h6-10,13-14H,5,15,23H2,1-4H3,(H,24,25). The lowest BCUT2D eigenvalue weighted by atomic mass is 10.0. The van der Waals surface area contributed by atoms with E-state index in [-0.39, 0.29) is 0 Å². The van der Waals surface area contributed by atoms with Crippen molar-refractivity contribution in [2.75, 3.05) is 17.7 Å². The Kier molecular flexibility index (Phi) is 6.86. The molecule has 27 heavy (non-hydrogen) atoms. The fourth-order valence-corrected chi connectivity index (χ4v) is 2.29. The maximum atomic E-state index is 12.1. The van der Waals surface area contributed by atoms with Crippen molar-refractivity contribution < 1.29 is 14.3 Å². The second-order valence-corrected chi connectivity index (χ2v) is 6.98. The van der Waals surface area contributed by atoms with E-state index in [1.54, 1.807) is 32.9 Å². The highest BCUT2D eigenvalue weighted by Gasteiger charge is 2.17. The Balaban J connectivity index is 2.31. The zero-order valence-electron chi connectivity index (χ0n) is 16.3. The number of carbonyl (C=O) groups excluding carboxylic acids is 1. The molecule has 0 aliphatic rings. The summed E-state index contributed by atoms with van der Waals surface area (Å²) in [4.78, 5) is 12.1. The molecule has 0 unspecified atom stereocenters. The van der Waals surface area contributed by atoms with E-state index in [0.29, 0.717) is 24.6 Å². The molecule has 0 aliphatic heterocycles. The molecule has 142 valence electrons. The van der Waals surface area contributed by atoms with Gasteiger partial charge in [0.25, 0.3) is 0 Å². The van der Waals surface area contributed by atoms with E-state index >= 15 is 0 Å². The summed E-state index contributed by atoms with van der Waals surface area (Å²) in [6.45, 7) is 8.28.